The maximum absolute atomic E-state index is 4.14. The molecular formula is C8H10N4. The fourth-order valence-electron chi connectivity index (χ4n) is 1.18. The molecule has 0 fully saturated rings. The number of rotatable bonds is 2. The van der Waals surface area contributed by atoms with Crippen molar-refractivity contribution in [3.05, 3.63) is 18.2 Å². The molecule has 12 heavy (non-hydrogen) atoms. The summed E-state index contributed by atoms with van der Waals surface area (Å²) >= 11 is 0. The molecule has 0 radical (unpaired) electrons. The van der Waals surface area contributed by atoms with Gasteiger partial charge in [-0.15, -0.1) is 0 Å². The van der Waals surface area contributed by atoms with Crippen LogP contribution in [0.4, 0.5) is 0 Å². The Labute approximate surface area is 70.7 Å². The van der Waals surface area contributed by atoms with E-state index in [9.17, 15) is 0 Å². The Hall–Kier alpha value is -1.45. The number of aryl methyl sites for hydroxylation is 1. The van der Waals surface area contributed by atoms with Gasteiger partial charge in [0.05, 0.1) is 18.6 Å². The highest BCUT2D eigenvalue weighted by molar-refractivity contribution is 5.82. The number of hydrogen-bond donors (Lipinski definition) is 0. The zero-order chi connectivity index (χ0) is 8.39. The molecule has 0 spiro atoms. The van der Waals surface area contributed by atoms with Crippen LogP contribution in [0.3, 0.4) is 0 Å². The second-order valence-electron chi connectivity index (χ2n) is 2.84. The smallest absolute Gasteiger partial charge is 0.110 e. The molecule has 0 amide bonds. The summed E-state index contributed by atoms with van der Waals surface area (Å²) in [5.74, 6) is 0. The zero-order valence-corrected chi connectivity index (χ0v) is 6.88. The Bertz CT molecular complexity index is 312. The van der Waals surface area contributed by atoms with Crippen molar-refractivity contribution in [1.82, 2.24) is 9.55 Å². The van der Waals surface area contributed by atoms with Crippen LogP contribution in [0.1, 0.15) is 5.69 Å². The van der Waals surface area contributed by atoms with Crippen molar-refractivity contribution in [2.75, 3.05) is 0 Å². The largest absolute Gasteiger partial charge is 0.335 e. The molecule has 2 rings (SSSR count). The Kier molecular flexibility index (Phi) is 1.74. The van der Waals surface area contributed by atoms with Crippen LogP contribution in [0.2, 0.25) is 0 Å². The standard InChI is InChI=1S/C8H10N4/c1-7-3-12(6-11-7)4-8-2-9-5-10-8/h2-3,5-6,8H,4H2,1H3. The Morgan fingerprint density at radius 3 is 3.08 bits per heavy atom. The summed E-state index contributed by atoms with van der Waals surface area (Å²) in [6, 6.07) is 0.193. The molecule has 1 aromatic rings. The molecule has 4 nitrogen and oxygen atoms in total. The molecule has 0 saturated heterocycles. The van der Waals surface area contributed by atoms with Gasteiger partial charge in [0.1, 0.15) is 12.4 Å². The lowest BCUT2D eigenvalue weighted by atomic mass is 10.3. The second-order valence-corrected chi connectivity index (χ2v) is 2.84. The van der Waals surface area contributed by atoms with Crippen molar-refractivity contribution < 1.29 is 0 Å². The number of aromatic nitrogens is 2. The summed E-state index contributed by atoms with van der Waals surface area (Å²) in [4.78, 5) is 12.2. The third-order valence-electron chi connectivity index (χ3n) is 1.74. The van der Waals surface area contributed by atoms with E-state index in [-0.39, 0.29) is 6.04 Å². The quantitative estimate of drug-likeness (QED) is 0.630. The van der Waals surface area contributed by atoms with Crippen LogP contribution in [0.25, 0.3) is 0 Å². The van der Waals surface area contributed by atoms with Crippen molar-refractivity contribution in [2.24, 2.45) is 9.98 Å². The molecule has 0 N–H and O–H groups in total. The summed E-state index contributed by atoms with van der Waals surface area (Å²) in [6.45, 7) is 2.81. The molecule has 1 aromatic heterocycles. The first kappa shape index (κ1) is 7.21. The van der Waals surface area contributed by atoms with Crippen LogP contribution in [-0.2, 0) is 6.54 Å². The van der Waals surface area contributed by atoms with E-state index in [1.165, 1.54) is 0 Å². The minimum absolute atomic E-state index is 0.193. The summed E-state index contributed by atoms with van der Waals surface area (Å²) in [5, 5.41) is 0. The molecule has 4 heteroatoms. The fraction of sp³-hybridized carbons (Fsp3) is 0.375. The van der Waals surface area contributed by atoms with E-state index < -0.39 is 0 Å². The van der Waals surface area contributed by atoms with E-state index in [2.05, 4.69) is 15.0 Å². The Morgan fingerprint density at radius 1 is 1.58 bits per heavy atom. The molecule has 0 aliphatic carbocycles. The van der Waals surface area contributed by atoms with Crippen LogP contribution in [0, 0.1) is 6.92 Å². The van der Waals surface area contributed by atoms with E-state index in [4.69, 9.17) is 0 Å². The first-order valence-corrected chi connectivity index (χ1v) is 3.88. The highest BCUT2D eigenvalue weighted by atomic mass is 15.1. The SMILES string of the molecule is Cc1cn(CC2C=NC=N2)cn1. The Morgan fingerprint density at radius 2 is 2.50 bits per heavy atom. The lowest BCUT2D eigenvalue weighted by Gasteiger charge is -2.02. The second kappa shape index (κ2) is 2.89. The third-order valence-corrected chi connectivity index (χ3v) is 1.74. The summed E-state index contributed by atoms with van der Waals surface area (Å²) < 4.78 is 2.02. The minimum atomic E-state index is 0.193. The van der Waals surface area contributed by atoms with Gasteiger partial charge in [-0.3, -0.25) is 4.99 Å². The van der Waals surface area contributed by atoms with Crippen molar-refractivity contribution >= 4 is 12.6 Å². The van der Waals surface area contributed by atoms with Crippen molar-refractivity contribution in [1.29, 1.82) is 0 Å². The minimum Gasteiger partial charge on any atom is -0.335 e. The average Bonchev–Trinajstić information content (AvgIpc) is 2.63. The monoisotopic (exact) mass is 162 g/mol. The number of aliphatic imine (C=N–C) groups is 2. The number of nitrogens with zero attached hydrogens (tertiary/aromatic N) is 4. The summed E-state index contributed by atoms with van der Waals surface area (Å²) in [6.07, 6.45) is 7.25. The molecule has 1 aliphatic heterocycles. The highest BCUT2D eigenvalue weighted by Crippen LogP contribution is 2.00. The normalized spacial score (nSPS) is 20.6. The molecule has 1 unspecified atom stereocenters. The first-order valence-electron chi connectivity index (χ1n) is 3.88. The van der Waals surface area contributed by atoms with E-state index in [0.717, 1.165) is 12.2 Å². The zero-order valence-electron chi connectivity index (χ0n) is 6.88. The fourth-order valence-corrected chi connectivity index (χ4v) is 1.18. The predicted molar refractivity (Wildman–Crippen MR) is 47.7 cm³/mol. The van der Waals surface area contributed by atoms with Crippen LogP contribution in [0.5, 0.6) is 0 Å². The van der Waals surface area contributed by atoms with Gasteiger partial charge < -0.3 is 4.57 Å². The molecule has 1 aliphatic rings. The van der Waals surface area contributed by atoms with Crippen LogP contribution in [0.15, 0.2) is 22.5 Å². The molecule has 2 heterocycles. The van der Waals surface area contributed by atoms with Crippen LogP contribution >= 0.6 is 0 Å². The van der Waals surface area contributed by atoms with E-state index in [1.54, 1.807) is 6.34 Å². The average molecular weight is 162 g/mol. The molecule has 62 valence electrons. The first-order chi connectivity index (χ1) is 5.84. The van der Waals surface area contributed by atoms with E-state index >= 15 is 0 Å². The number of hydrogen-bond acceptors (Lipinski definition) is 3. The van der Waals surface area contributed by atoms with E-state index in [0.29, 0.717) is 0 Å². The van der Waals surface area contributed by atoms with Gasteiger partial charge in [-0.25, -0.2) is 9.98 Å². The van der Waals surface area contributed by atoms with Crippen molar-refractivity contribution in [2.45, 2.75) is 19.5 Å². The van der Waals surface area contributed by atoms with E-state index in [1.807, 2.05) is 30.2 Å². The van der Waals surface area contributed by atoms with Gasteiger partial charge in [-0.2, -0.15) is 0 Å². The maximum Gasteiger partial charge on any atom is 0.110 e. The third kappa shape index (κ3) is 1.42. The van der Waals surface area contributed by atoms with Gasteiger partial charge >= 0.3 is 0 Å². The summed E-state index contributed by atoms with van der Waals surface area (Å²) in [5.41, 5.74) is 1.04. The lowest BCUT2D eigenvalue weighted by Crippen LogP contribution is -2.12. The van der Waals surface area contributed by atoms with Crippen molar-refractivity contribution in [3.63, 3.8) is 0 Å². The molecular weight excluding hydrogens is 152 g/mol. The lowest BCUT2D eigenvalue weighted by molar-refractivity contribution is 0.664. The van der Waals surface area contributed by atoms with Gasteiger partial charge in [0.15, 0.2) is 0 Å². The van der Waals surface area contributed by atoms with Gasteiger partial charge in [-0.05, 0) is 6.92 Å². The van der Waals surface area contributed by atoms with Crippen LogP contribution in [-0.4, -0.2) is 28.1 Å². The Balaban J connectivity index is 2.03. The van der Waals surface area contributed by atoms with Crippen molar-refractivity contribution in [3.8, 4) is 0 Å². The maximum atomic E-state index is 4.14. The molecule has 1 atom stereocenters. The van der Waals surface area contributed by atoms with Gasteiger partial charge in [0.25, 0.3) is 0 Å². The van der Waals surface area contributed by atoms with Gasteiger partial charge in [0, 0.05) is 12.4 Å². The predicted octanol–water partition coefficient (Wildman–Crippen LogP) is 0.673. The molecule has 0 aromatic carbocycles. The topological polar surface area (TPSA) is 42.5 Å². The molecule has 0 bridgehead atoms. The highest BCUT2D eigenvalue weighted by Gasteiger charge is 2.06. The van der Waals surface area contributed by atoms with Crippen LogP contribution < -0.4 is 0 Å². The van der Waals surface area contributed by atoms with Gasteiger partial charge in [0.2, 0.25) is 0 Å². The van der Waals surface area contributed by atoms with Gasteiger partial charge in [-0.1, -0.05) is 0 Å². The molecule has 0 saturated carbocycles. The summed E-state index contributed by atoms with van der Waals surface area (Å²) in [7, 11) is 0. The number of imidazole rings is 1.